The van der Waals surface area contributed by atoms with E-state index in [1.54, 1.807) is 30.3 Å². The van der Waals surface area contributed by atoms with Gasteiger partial charge in [0.05, 0.1) is 11.9 Å². The van der Waals surface area contributed by atoms with Gasteiger partial charge in [-0.25, -0.2) is 8.42 Å². The predicted octanol–water partition coefficient (Wildman–Crippen LogP) is 5.04. The lowest BCUT2D eigenvalue weighted by Gasteiger charge is -2.33. The van der Waals surface area contributed by atoms with E-state index in [1.807, 2.05) is 39.8 Å². The molecule has 0 aliphatic carbocycles. The van der Waals surface area contributed by atoms with E-state index < -0.39 is 28.5 Å². The van der Waals surface area contributed by atoms with Gasteiger partial charge >= 0.3 is 0 Å². The molecule has 0 aromatic heterocycles. The second-order valence-electron chi connectivity index (χ2n) is 8.79. The van der Waals surface area contributed by atoms with Gasteiger partial charge in [0.2, 0.25) is 21.8 Å². The second-order valence-corrected chi connectivity index (χ2v) is 11.5. The molecule has 0 radical (unpaired) electrons. The Hall–Kier alpha value is -2.29. The number of nitrogens with one attached hydrogen (secondary N) is 1. The van der Waals surface area contributed by atoms with Crippen LogP contribution in [0.15, 0.2) is 42.5 Å². The summed E-state index contributed by atoms with van der Waals surface area (Å²) in [7, 11) is -3.79. The number of amides is 2. The lowest BCUT2D eigenvalue weighted by atomic mass is 10.1. The van der Waals surface area contributed by atoms with Crippen LogP contribution in [0, 0.1) is 0 Å². The van der Waals surface area contributed by atoms with E-state index in [1.165, 1.54) is 4.90 Å². The summed E-state index contributed by atoms with van der Waals surface area (Å²) in [6, 6.07) is 11.1. The molecule has 1 N–H and O–H groups in total. The highest BCUT2D eigenvalue weighted by molar-refractivity contribution is 7.92. The zero-order valence-electron chi connectivity index (χ0n) is 21.4. The molecule has 0 saturated carbocycles. The van der Waals surface area contributed by atoms with E-state index in [9.17, 15) is 18.0 Å². The summed E-state index contributed by atoms with van der Waals surface area (Å²) in [5, 5.41) is 3.74. The third-order valence-corrected chi connectivity index (χ3v) is 7.78. The standard InChI is InChI=1S/C26H35Cl2N3O4S/c1-6-18(4)29-26(33)24(8-3)30(16-20-11-12-21(27)15-23(20)28)25(32)17-31(36(5,34)35)22-13-9-19(7-2)10-14-22/h9-15,18,24H,6-8,16-17H2,1-5H3,(H,29,33)/t18-,24+/m1/s1. The van der Waals surface area contributed by atoms with E-state index in [-0.39, 0.29) is 18.5 Å². The van der Waals surface area contributed by atoms with Crippen molar-refractivity contribution >= 4 is 50.7 Å². The van der Waals surface area contributed by atoms with Crippen molar-refractivity contribution in [2.75, 3.05) is 17.1 Å². The summed E-state index contributed by atoms with van der Waals surface area (Å²) in [6.07, 6.45) is 2.93. The maximum absolute atomic E-state index is 13.7. The van der Waals surface area contributed by atoms with Gasteiger partial charge in [-0.2, -0.15) is 0 Å². The van der Waals surface area contributed by atoms with Gasteiger partial charge in [0, 0.05) is 22.6 Å². The number of anilines is 1. The molecule has 2 atom stereocenters. The fourth-order valence-electron chi connectivity index (χ4n) is 3.71. The summed E-state index contributed by atoms with van der Waals surface area (Å²) < 4.78 is 26.4. The minimum atomic E-state index is -3.79. The number of halogens is 2. The number of carbonyl (C=O) groups excluding carboxylic acids is 2. The molecule has 0 saturated heterocycles. The van der Waals surface area contributed by atoms with Crippen LogP contribution in [0.2, 0.25) is 10.0 Å². The van der Waals surface area contributed by atoms with Crippen molar-refractivity contribution in [1.82, 2.24) is 10.2 Å². The number of rotatable bonds is 12. The van der Waals surface area contributed by atoms with Crippen LogP contribution < -0.4 is 9.62 Å². The monoisotopic (exact) mass is 555 g/mol. The van der Waals surface area contributed by atoms with Gasteiger partial charge in [-0.05, 0) is 61.6 Å². The number of benzene rings is 2. The van der Waals surface area contributed by atoms with Gasteiger partial charge in [-0.1, -0.05) is 62.2 Å². The Kier molecular flexibility index (Phi) is 11.1. The molecule has 198 valence electrons. The van der Waals surface area contributed by atoms with Crippen LogP contribution in [-0.2, 0) is 32.6 Å². The van der Waals surface area contributed by atoms with Crippen molar-refractivity contribution in [3.8, 4) is 0 Å². The summed E-state index contributed by atoms with van der Waals surface area (Å²) in [5.41, 5.74) is 2.03. The average Bonchev–Trinajstić information content (AvgIpc) is 2.82. The van der Waals surface area contributed by atoms with Crippen LogP contribution in [0.4, 0.5) is 5.69 Å². The maximum Gasteiger partial charge on any atom is 0.244 e. The predicted molar refractivity (Wildman–Crippen MR) is 147 cm³/mol. The topological polar surface area (TPSA) is 86.8 Å². The first-order valence-corrected chi connectivity index (χ1v) is 14.6. The Balaban J connectivity index is 2.46. The van der Waals surface area contributed by atoms with Crippen molar-refractivity contribution in [3.05, 3.63) is 63.6 Å². The Morgan fingerprint density at radius 2 is 1.64 bits per heavy atom. The van der Waals surface area contributed by atoms with E-state index in [4.69, 9.17) is 23.2 Å². The maximum atomic E-state index is 13.7. The largest absolute Gasteiger partial charge is 0.352 e. The first-order valence-electron chi connectivity index (χ1n) is 12.0. The van der Waals surface area contributed by atoms with Crippen LogP contribution in [0.5, 0.6) is 0 Å². The molecule has 0 bridgehead atoms. The molecule has 10 heteroatoms. The fraction of sp³-hybridized carbons (Fsp3) is 0.462. The second kappa shape index (κ2) is 13.3. The van der Waals surface area contributed by atoms with Crippen molar-refractivity contribution in [2.45, 2.75) is 65.6 Å². The quantitative estimate of drug-likeness (QED) is 0.397. The van der Waals surface area contributed by atoms with Crippen molar-refractivity contribution in [1.29, 1.82) is 0 Å². The zero-order chi connectivity index (χ0) is 27.0. The normalized spacial score (nSPS) is 13.1. The van der Waals surface area contributed by atoms with Gasteiger partial charge in [-0.15, -0.1) is 0 Å². The number of sulfonamides is 1. The van der Waals surface area contributed by atoms with E-state index in [2.05, 4.69) is 5.32 Å². The molecule has 0 heterocycles. The van der Waals surface area contributed by atoms with Crippen molar-refractivity contribution in [2.24, 2.45) is 0 Å². The number of aryl methyl sites for hydroxylation is 1. The minimum absolute atomic E-state index is 0.0215. The average molecular weight is 557 g/mol. The summed E-state index contributed by atoms with van der Waals surface area (Å²) in [5.74, 6) is -0.819. The Bertz CT molecular complexity index is 1160. The third kappa shape index (κ3) is 8.11. The Labute approximate surface area is 224 Å². The molecule has 2 rings (SSSR count). The van der Waals surface area contributed by atoms with Gasteiger partial charge in [0.1, 0.15) is 12.6 Å². The number of carbonyl (C=O) groups is 2. The van der Waals surface area contributed by atoms with Gasteiger partial charge in [0.25, 0.3) is 0 Å². The van der Waals surface area contributed by atoms with Crippen LogP contribution in [0.25, 0.3) is 0 Å². The Morgan fingerprint density at radius 3 is 2.14 bits per heavy atom. The first-order chi connectivity index (χ1) is 16.9. The third-order valence-electron chi connectivity index (χ3n) is 6.05. The molecule has 2 aromatic carbocycles. The number of hydrogen-bond acceptors (Lipinski definition) is 4. The van der Waals surface area contributed by atoms with E-state index in [0.29, 0.717) is 27.7 Å². The zero-order valence-corrected chi connectivity index (χ0v) is 23.8. The summed E-state index contributed by atoms with van der Waals surface area (Å²) in [4.78, 5) is 28.3. The van der Waals surface area contributed by atoms with Crippen LogP contribution in [-0.4, -0.2) is 50.0 Å². The molecule has 0 fully saturated rings. The fourth-order valence-corrected chi connectivity index (χ4v) is 5.02. The highest BCUT2D eigenvalue weighted by Gasteiger charge is 2.32. The van der Waals surface area contributed by atoms with Crippen LogP contribution in [0.3, 0.4) is 0 Å². The van der Waals surface area contributed by atoms with E-state index >= 15 is 0 Å². The molecule has 0 aliphatic heterocycles. The lowest BCUT2D eigenvalue weighted by Crippen LogP contribution is -2.53. The molecule has 0 unspecified atom stereocenters. The van der Waals surface area contributed by atoms with Crippen molar-refractivity contribution < 1.29 is 18.0 Å². The lowest BCUT2D eigenvalue weighted by molar-refractivity contribution is -0.140. The first kappa shape index (κ1) is 29.9. The molecule has 2 aromatic rings. The van der Waals surface area contributed by atoms with Crippen LogP contribution >= 0.6 is 23.2 Å². The van der Waals surface area contributed by atoms with Crippen LogP contribution in [0.1, 0.15) is 51.7 Å². The molecular formula is C26H35Cl2N3O4S. The van der Waals surface area contributed by atoms with Crippen molar-refractivity contribution in [3.63, 3.8) is 0 Å². The summed E-state index contributed by atoms with van der Waals surface area (Å²) >= 11 is 12.4. The molecule has 7 nitrogen and oxygen atoms in total. The number of nitrogens with zero attached hydrogens (tertiary/aromatic N) is 2. The van der Waals surface area contributed by atoms with Gasteiger partial charge < -0.3 is 10.2 Å². The van der Waals surface area contributed by atoms with E-state index in [0.717, 1.165) is 29.0 Å². The molecule has 2 amide bonds. The van der Waals surface area contributed by atoms with Gasteiger partial charge in [0.15, 0.2) is 0 Å². The SMILES string of the molecule is CCc1ccc(N(CC(=O)N(Cc2ccc(Cl)cc2Cl)[C@@H](CC)C(=O)N[C@H](C)CC)S(C)(=O)=O)cc1. The smallest absolute Gasteiger partial charge is 0.244 e. The Morgan fingerprint density at radius 1 is 1.00 bits per heavy atom. The molecule has 0 aliphatic rings. The highest BCUT2D eigenvalue weighted by atomic mass is 35.5. The molecule has 36 heavy (non-hydrogen) atoms. The molecule has 0 spiro atoms. The highest BCUT2D eigenvalue weighted by Crippen LogP contribution is 2.25. The summed E-state index contributed by atoms with van der Waals surface area (Å²) in [6.45, 7) is 7.22. The number of hydrogen-bond donors (Lipinski definition) is 1. The minimum Gasteiger partial charge on any atom is -0.352 e. The molecular weight excluding hydrogens is 521 g/mol. The van der Waals surface area contributed by atoms with Gasteiger partial charge in [-0.3, -0.25) is 13.9 Å².